The third-order valence-electron chi connectivity index (χ3n) is 3.94. The van der Waals surface area contributed by atoms with Crippen LogP contribution in [-0.2, 0) is 6.54 Å². The first kappa shape index (κ1) is 12.6. The third kappa shape index (κ3) is 2.14. The summed E-state index contributed by atoms with van der Waals surface area (Å²) < 4.78 is 8.14. The molecular weight excluding hydrogens is 284 g/mol. The van der Waals surface area contributed by atoms with E-state index >= 15 is 0 Å². The highest BCUT2D eigenvalue weighted by atomic mass is 32.1. The summed E-state index contributed by atoms with van der Waals surface area (Å²) in [6, 6.07) is 9.96. The van der Waals surface area contributed by atoms with E-state index in [9.17, 15) is 4.79 Å². The molecule has 1 aromatic carbocycles. The summed E-state index contributed by atoms with van der Waals surface area (Å²) in [6.07, 6.45) is 2.58. The molecule has 0 saturated heterocycles. The summed E-state index contributed by atoms with van der Waals surface area (Å²) in [6.45, 7) is 1.35. The van der Waals surface area contributed by atoms with Gasteiger partial charge in [-0.25, -0.2) is 4.98 Å². The van der Waals surface area contributed by atoms with Crippen molar-refractivity contribution in [1.82, 2.24) is 9.55 Å². The van der Waals surface area contributed by atoms with Gasteiger partial charge in [-0.15, -0.1) is 11.3 Å². The van der Waals surface area contributed by atoms with Gasteiger partial charge in [0.25, 0.3) is 5.56 Å². The molecule has 4 rings (SSSR count). The molecule has 3 heterocycles. The summed E-state index contributed by atoms with van der Waals surface area (Å²) in [5, 5.41) is 1.91. The maximum Gasteiger partial charge on any atom is 0.271 e. The third-order valence-corrected chi connectivity index (χ3v) is 4.83. The van der Waals surface area contributed by atoms with Gasteiger partial charge < -0.3 is 4.74 Å². The van der Waals surface area contributed by atoms with E-state index in [2.05, 4.69) is 11.1 Å². The first-order valence-corrected chi connectivity index (χ1v) is 7.85. The Morgan fingerprint density at radius 1 is 1.33 bits per heavy atom. The van der Waals surface area contributed by atoms with Crippen LogP contribution in [0.4, 0.5) is 0 Å². The van der Waals surface area contributed by atoms with E-state index in [4.69, 9.17) is 4.74 Å². The van der Waals surface area contributed by atoms with Crippen molar-refractivity contribution in [2.75, 3.05) is 6.61 Å². The minimum atomic E-state index is 0.0546. The van der Waals surface area contributed by atoms with Crippen molar-refractivity contribution in [3.05, 3.63) is 58.0 Å². The fourth-order valence-corrected chi connectivity index (χ4v) is 3.64. The van der Waals surface area contributed by atoms with Crippen LogP contribution in [0.3, 0.4) is 0 Å². The van der Waals surface area contributed by atoms with Gasteiger partial charge >= 0.3 is 0 Å². The Morgan fingerprint density at radius 3 is 3.19 bits per heavy atom. The van der Waals surface area contributed by atoms with Crippen LogP contribution in [0, 0.1) is 0 Å². The van der Waals surface area contributed by atoms with Crippen LogP contribution in [0.2, 0.25) is 0 Å². The minimum absolute atomic E-state index is 0.0546. The normalized spacial score (nSPS) is 17.4. The number of para-hydroxylation sites is 1. The maximum absolute atomic E-state index is 12.5. The Balaban J connectivity index is 1.72. The van der Waals surface area contributed by atoms with Crippen molar-refractivity contribution >= 4 is 21.6 Å². The molecule has 0 saturated carbocycles. The molecule has 1 atom stereocenters. The number of benzene rings is 1. The molecule has 21 heavy (non-hydrogen) atoms. The van der Waals surface area contributed by atoms with Crippen LogP contribution in [0.5, 0.6) is 5.75 Å². The molecule has 1 aliphatic rings. The van der Waals surface area contributed by atoms with Gasteiger partial charge in [-0.05, 0) is 29.5 Å². The van der Waals surface area contributed by atoms with E-state index < -0.39 is 0 Å². The smallest absolute Gasteiger partial charge is 0.271 e. The molecule has 0 N–H and O–H groups in total. The molecule has 0 bridgehead atoms. The van der Waals surface area contributed by atoms with Crippen molar-refractivity contribution in [3.63, 3.8) is 0 Å². The molecule has 0 aliphatic carbocycles. The van der Waals surface area contributed by atoms with E-state index in [0.717, 1.165) is 22.4 Å². The number of fused-ring (bicyclic) bond motifs is 2. The zero-order valence-electron chi connectivity index (χ0n) is 11.4. The van der Waals surface area contributed by atoms with E-state index in [1.165, 1.54) is 16.9 Å². The summed E-state index contributed by atoms with van der Waals surface area (Å²) in [4.78, 5) is 16.8. The number of hydrogen-bond acceptors (Lipinski definition) is 4. The standard InChI is InChI=1S/C16H14N2O2S/c19-16-15-13(6-8-21-15)17-10-18(16)9-11-5-7-20-14-4-2-1-3-12(11)14/h1-4,6,8,10-11H,5,7,9H2. The molecule has 106 valence electrons. The zero-order chi connectivity index (χ0) is 14.2. The SMILES string of the molecule is O=c1c2sccc2ncn1CC1CCOc2ccccc21. The first-order chi connectivity index (χ1) is 10.3. The molecular formula is C16H14N2O2S. The number of nitrogens with zero attached hydrogens (tertiary/aromatic N) is 2. The monoisotopic (exact) mass is 298 g/mol. The molecule has 0 radical (unpaired) electrons. The molecule has 4 nitrogen and oxygen atoms in total. The van der Waals surface area contributed by atoms with E-state index in [1.54, 1.807) is 10.9 Å². The Kier molecular flexibility index (Phi) is 3.00. The van der Waals surface area contributed by atoms with Gasteiger partial charge in [0.15, 0.2) is 0 Å². The van der Waals surface area contributed by atoms with Crippen molar-refractivity contribution in [2.24, 2.45) is 0 Å². The molecule has 3 aromatic rings. The molecule has 2 aromatic heterocycles. The van der Waals surface area contributed by atoms with Gasteiger partial charge in [0.1, 0.15) is 10.4 Å². The minimum Gasteiger partial charge on any atom is -0.493 e. The fourth-order valence-electron chi connectivity index (χ4n) is 2.85. The van der Waals surface area contributed by atoms with E-state index in [1.807, 2.05) is 29.6 Å². The highest BCUT2D eigenvalue weighted by molar-refractivity contribution is 7.17. The predicted molar refractivity (Wildman–Crippen MR) is 83.2 cm³/mol. The number of ether oxygens (including phenoxy) is 1. The Bertz CT molecular complexity index is 853. The van der Waals surface area contributed by atoms with Crippen molar-refractivity contribution in [3.8, 4) is 5.75 Å². The lowest BCUT2D eigenvalue weighted by molar-refractivity contribution is 0.258. The summed E-state index contributed by atoms with van der Waals surface area (Å²) >= 11 is 1.46. The lowest BCUT2D eigenvalue weighted by Gasteiger charge is -2.26. The van der Waals surface area contributed by atoms with Gasteiger partial charge in [-0.1, -0.05) is 18.2 Å². The second-order valence-electron chi connectivity index (χ2n) is 5.21. The van der Waals surface area contributed by atoms with Gasteiger partial charge in [-0.2, -0.15) is 0 Å². The fraction of sp³-hybridized carbons (Fsp3) is 0.250. The lowest BCUT2D eigenvalue weighted by atomic mass is 9.93. The Labute approximate surface area is 125 Å². The molecule has 1 aliphatic heterocycles. The largest absolute Gasteiger partial charge is 0.493 e. The molecule has 5 heteroatoms. The Morgan fingerprint density at radius 2 is 2.24 bits per heavy atom. The second kappa shape index (κ2) is 5.00. The summed E-state index contributed by atoms with van der Waals surface area (Å²) in [7, 11) is 0. The summed E-state index contributed by atoms with van der Waals surface area (Å²) in [5.74, 6) is 1.24. The zero-order valence-corrected chi connectivity index (χ0v) is 12.2. The van der Waals surface area contributed by atoms with Gasteiger partial charge in [0, 0.05) is 12.5 Å². The van der Waals surface area contributed by atoms with Gasteiger partial charge in [0.2, 0.25) is 0 Å². The topological polar surface area (TPSA) is 44.1 Å². The number of thiophene rings is 1. The van der Waals surface area contributed by atoms with Gasteiger partial charge in [-0.3, -0.25) is 9.36 Å². The van der Waals surface area contributed by atoms with Crippen LogP contribution in [0.25, 0.3) is 10.2 Å². The van der Waals surface area contributed by atoms with Crippen molar-refractivity contribution in [2.45, 2.75) is 18.9 Å². The summed E-state index contributed by atoms with van der Waals surface area (Å²) in [5.41, 5.74) is 2.02. The quantitative estimate of drug-likeness (QED) is 0.730. The van der Waals surface area contributed by atoms with E-state index in [-0.39, 0.29) is 5.56 Å². The molecule has 0 fully saturated rings. The van der Waals surface area contributed by atoms with Crippen LogP contribution in [-0.4, -0.2) is 16.2 Å². The van der Waals surface area contributed by atoms with E-state index in [0.29, 0.717) is 19.1 Å². The average Bonchev–Trinajstić information content (AvgIpc) is 3.00. The van der Waals surface area contributed by atoms with Gasteiger partial charge in [0.05, 0.1) is 18.5 Å². The second-order valence-corrected chi connectivity index (χ2v) is 6.13. The Hall–Kier alpha value is -2.14. The predicted octanol–water partition coefficient (Wildman–Crippen LogP) is 3.02. The van der Waals surface area contributed by atoms with Crippen LogP contribution in [0.1, 0.15) is 17.9 Å². The maximum atomic E-state index is 12.5. The number of aromatic nitrogens is 2. The van der Waals surface area contributed by atoms with Crippen molar-refractivity contribution < 1.29 is 4.74 Å². The lowest BCUT2D eigenvalue weighted by Crippen LogP contribution is -2.25. The van der Waals surface area contributed by atoms with Crippen LogP contribution < -0.4 is 10.3 Å². The first-order valence-electron chi connectivity index (χ1n) is 6.97. The highest BCUT2D eigenvalue weighted by Crippen LogP contribution is 2.34. The average molecular weight is 298 g/mol. The highest BCUT2D eigenvalue weighted by Gasteiger charge is 2.22. The molecule has 0 spiro atoms. The number of rotatable bonds is 2. The van der Waals surface area contributed by atoms with Crippen molar-refractivity contribution in [1.29, 1.82) is 0 Å². The molecule has 1 unspecified atom stereocenters. The van der Waals surface area contributed by atoms with Crippen LogP contribution in [0.15, 0.2) is 46.8 Å². The number of hydrogen-bond donors (Lipinski definition) is 0. The van der Waals surface area contributed by atoms with Crippen LogP contribution >= 0.6 is 11.3 Å². The molecule has 0 amide bonds.